The monoisotopic (exact) mass is 497 g/mol. The van der Waals surface area contributed by atoms with Gasteiger partial charge < -0.3 is 18.6 Å². The van der Waals surface area contributed by atoms with Gasteiger partial charge in [0.1, 0.15) is 41.5 Å². The summed E-state index contributed by atoms with van der Waals surface area (Å²) >= 11 is 0. The van der Waals surface area contributed by atoms with Crippen LogP contribution in [0.3, 0.4) is 0 Å². The third-order valence-electron chi connectivity index (χ3n) is 8.94. The number of epoxide rings is 1. The smallest absolute Gasteiger partial charge is 0.306 e. The average Bonchev–Trinajstić information content (AvgIpc) is 3.66. The molecular weight excluding hydrogens is 458 g/mol. The first kappa shape index (κ1) is 25.2. The zero-order chi connectivity index (χ0) is 25.4. The summed E-state index contributed by atoms with van der Waals surface area (Å²) in [6.45, 7) is 6.21. The Morgan fingerprint density at radius 2 is 1.92 bits per heavy atom. The lowest BCUT2D eigenvalue weighted by atomic mass is 9.62. The number of ketones is 1. The molecule has 1 aromatic rings. The van der Waals surface area contributed by atoms with Crippen molar-refractivity contribution in [3.63, 3.8) is 0 Å². The van der Waals surface area contributed by atoms with E-state index in [2.05, 4.69) is 18.8 Å². The van der Waals surface area contributed by atoms with E-state index in [9.17, 15) is 9.59 Å². The van der Waals surface area contributed by atoms with Crippen molar-refractivity contribution in [2.24, 2.45) is 11.3 Å². The lowest BCUT2D eigenvalue weighted by Crippen LogP contribution is -2.39. The maximum atomic E-state index is 13.1. The van der Waals surface area contributed by atoms with Crippen molar-refractivity contribution in [3.8, 4) is 0 Å². The molecule has 36 heavy (non-hydrogen) atoms. The van der Waals surface area contributed by atoms with Crippen LogP contribution >= 0.6 is 0 Å². The number of rotatable bonds is 4. The first-order valence-corrected chi connectivity index (χ1v) is 13.6. The molecule has 4 aliphatic rings. The Morgan fingerprint density at radius 1 is 1.11 bits per heavy atom. The molecule has 0 bridgehead atoms. The predicted octanol–water partition coefficient (Wildman–Crippen LogP) is 6.21. The second-order valence-corrected chi connectivity index (χ2v) is 11.7. The summed E-state index contributed by atoms with van der Waals surface area (Å²) in [6.07, 6.45) is 16.1. The van der Waals surface area contributed by atoms with Crippen LogP contribution in [-0.4, -0.2) is 34.0 Å². The van der Waals surface area contributed by atoms with Crippen LogP contribution in [0.2, 0.25) is 0 Å². The third kappa shape index (κ3) is 5.46. The number of Topliss-reactive ketones (excluding diaryl/α,β-unsaturated/α-hetero) is 1. The molecule has 3 fully saturated rings. The van der Waals surface area contributed by atoms with Gasteiger partial charge in [0, 0.05) is 38.0 Å². The predicted molar refractivity (Wildman–Crippen MR) is 134 cm³/mol. The minimum absolute atomic E-state index is 0.258. The Morgan fingerprint density at radius 3 is 2.58 bits per heavy atom. The minimum Gasteiger partial charge on any atom is -0.462 e. The largest absolute Gasteiger partial charge is 0.462 e. The van der Waals surface area contributed by atoms with Crippen molar-refractivity contribution in [1.29, 1.82) is 0 Å². The number of aromatic nitrogens is 1. The second-order valence-electron chi connectivity index (χ2n) is 11.7. The molecule has 2 saturated heterocycles. The molecule has 4 atom stereocenters. The van der Waals surface area contributed by atoms with Crippen molar-refractivity contribution in [2.75, 3.05) is 0 Å². The highest BCUT2D eigenvalue weighted by molar-refractivity contribution is 5.86. The fourth-order valence-corrected chi connectivity index (χ4v) is 6.20. The van der Waals surface area contributed by atoms with Crippen LogP contribution in [0.5, 0.6) is 0 Å². The van der Waals surface area contributed by atoms with E-state index in [1.807, 2.05) is 12.2 Å². The number of hydrogen-bond acceptors (Lipinski definition) is 7. The molecule has 0 amide bonds. The van der Waals surface area contributed by atoms with Gasteiger partial charge in [0.25, 0.3) is 0 Å². The molecule has 1 aromatic heterocycles. The fourth-order valence-electron chi connectivity index (χ4n) is 6.20. The molecular formula is C29H39NO6. The highest BCUT2D eigenvalue weighted by Crippen LogP contribution is 2.59. The van der Waals surface area contributed by atoms with E-state index in [1.54, 1.807) is 19.4 Å². The Hall–Kier alpha value is -2.41. The number of cyclic esters (lactones) is 1. The van der Waals surface area contributed by atoms with Gasteiger partial charge >= 0.3 is 5.97 Å². The maximum absolute atomic E-state index is 13.1. The molecule has 3 aliphatic heterocycles. The van der Waals surface area contributed by atoms with E-state index < -0.39 is 11.7 Å². The van der Waals surface area contributed by atoms with Gasteiger partial charge in [-0.2, -0.15) is 0 Å². The minimum atomic E-state index is -0.476. The summed E-state index contributed by atoms with van der Waals surface area (Å²) in [4.78, 5) is 30.5. The van der Waals surface area contributed by atoms with Gasteiger partial charge in [-0.05, 0) is 57.1 Å². The molecule has 1 saturated carbocycles. The van der Waals surface area contributed by atoms with Gasteiger partial charge in [-0.1, -0.05) is 26.2 Å². The third-order valence-corrected chi connectivity index (χ3v) is 8.94. The van der Waals surface area contributed by atoms with Crippen molar-refractivity contribution < 1.29 is 28.2 Å². The molecule has 0 aromatic carbocycles. The highest BCUT2D eigenvalue weighted by atomic mass is 16.6. The molecule has 4 unspecified atom stereocenters. The van der Waals surface area contributed by atoms with Gasteiger partial charge in [0.05, 0.1) is 5.60 Å². The van der Waals surface area contributed by atoms with Crippen molar-refractivity contribution in [2.45, 2.75) is 115 Å². The van der Waals surface area contributed by atoms with E-state index in [1.165, 1.54) is 0 Å². The topological polar surface area (TPSA) is 94.5 Å². The number of carbonyl (C=O) groups excluding carboxylic acids is 2. The second kappa shape index (κ2) is 9.81. The first-order chi connectivity index (χ1) is 17.2. The van der Waals surface area contributed by atoms with Crippen LogP contribution in [0.1, 0.15) is 102 Å². The zero-order valence-electron chi connectivity index (χ0n) is 21.8. The van der Waals surface area contributed by atoms with E-state index >= 15 is 0 Å². The average molecular weight is 498 g/mol. The summed E-state index contributed by atoms with van der Waals surface area (Å²) < 4.78 is 23.2. The van der Waals surface area contributed by atoms with Crippen LogP contribution in [0.25, 0.3) is 6.08 Å². The zero-order valence-corrected chi connectivity index (χ0v) is 21.8. The number of carbonyl (C=O) groups is 2. The number of hydrogen-bond donors (Lipinski definition) is 0. The summed E-state index contributed by atoms with van der Waals surface area (Å²) in [7, 11) is 0. The molecule has 4 heterocycles. The number of aryl methyl sites for hydroxylation is 1. The van der Waals surface area contributed by atoms with Crippen LogP contribution in [0, 0.1) is 18.3 Å². The Bertz CT molecular complexity index is 1050. The SMILES string of the molecule is Cc1nc(/C=C/C2CC3(CC4=CO4)OC3(C)CCCC(C)CCC(=O)C3(CCC3)CCC(=O)O2)co1. The Kier molecular flexibility index (Phi) is 6.88. The summed E-state index contributed by atoms with van der Waals surface area (Å²) in [5, 5.41) is 0. The van der Waals surface area contributed by atoms with Crippen LogP contribution in [-0.2, 0) is 23.8 Å². The molecule has 7 heteroatoms. The standard InChI is InChI=1S/C29H39NO6/c1-20-6-4-12-27(3)29(36-27,17-24-19-34-24)16-23(9-8-22-18-33-21(2)30-22)35-26(32)11-15-28(13-5-14-28)25(31)10-7-20/h8-9,18-20,23H,4-7,10-17H2,1-3H3/b9-8+. The normalized spacial score (nSPS) is 34.9. The van der Waals surface area contributed by atoms with Crippen LogP contribution < -0.4 is 0 Å². The van der Waals surface area contributed by atoms with Gasteiger partial charge in [-0.25, -0.2) is 4.98 Å². The van der Waals surface area contributed by atoms with Gasteiger partial charge in [-0.3, -0.25) is 9.59 Å². The van der Waals surface area contributed by atoms with E-state index in [4.69, 9.17) is 18.6 Å². The van der Waals surface area contributed by atoms with E-state index in [0.29, 0.717) is 49.0 Å². The number of fused-ring (bicyclic) bond motifs is 1. The number of esters is 1. The van der Waals surface area contributed by atoms with E-state index in [-0.39, 0.29) is 23.4 Å². The Balaban J connectivity index is 1.37. The summed E-state index contributed by atoms with van der Waals surface area (Å²) in [5.41, 5.74) is -0.374. The fraction of sp³-hybridized carbons (Fsp3) is 0.690. The summed E-state index contributed by atoms with van der Waals surface area (Å²) in [5.74, 6) is 2.10. The van der Waals surface area contributed by atoms with E-state index in [0.717, 1.165) is 50.7 Å². The molecule has 5 rings (SSSR count). The van der Waals surface area contributed by atoms with Gasteiger partial charge in [0.15, 0.2) is 5.89 Å². The molecule has 1 aliphatic carbocycles. The molecule has 0 N–H and O–H groups in total. The Labute approximate surface area is 213 Å². The van der Waals surface area contributed by atoms with Gasteiger partial charge in [-0.15, -0.1) is 0 Å². The summed E-state index contributed by atoms with van der Waals surface area (Å²) in [6, 6.07) is 0. The lowest BCUT2D eigenvalue weighted by Gasteiger charge is -2.40. The number of oxazole rings is 1. The van der Waals surface area contributed by atoms with Gasteiger partial charge in [0.2, 0.25) is 0 Å². The quantitative estimate of drug-likeness (QED) is 0.361. The molecule has 0 radical (unpaired) electrons. The van der Waals surface area contributed by atoms with Crippen LogP contribution in [0.4, 0.5) is 0 Å². The van der Waals surface area contributed by atoms with Crippen molar-refractivity contribution in [3.05, 3.63) is 35.9 Å². The highest BCUT2D eigenvalue weighted by Gasteiger charge is 2.67. The first-order valence-electron chi connectivity index (χ1n) is 13.6. The molecule has 7 nitrogen and oxygen atoms in total. The van der Waals surface area contributed by atoms with Crippen molar-refractivity contribution >= 4 is 17.8 Å². The lowest BCUT2D eigenvalue weighted by molar-refractivity contribution is -0.149. The number of ether oxygens (including phenoxy) is 3. The van der Waals surface area contributed by atoms with Crippen LogP contribution in [0.15, 0.2) is 28.8 Å². The number of nitrogens with zero attached hydrogens (tertiary/aromatic N) is 1. The molecule has 1 spiro atoms. The van der Waals surface area contributed by atoms with Crippen molar-refractivity contribution in [1.82, 2.24) is 4.98 Å². The maximum Gasteiger partial charge on any atom is 0.306 e. The molecule has 196 valence electrons.